The van der Waals surface area contributed by atoms with Gasteiger partial charge < -0.3 is 19.1 Å². The quantitative estimate of drug-likeness (QED) is 0.634. The third-order valence-corrected chi connectivity index (χ3v) is 5.88. The highest BCUT2D eigenvalue weighted by molar-refractivity contribution is 6.36. The van der Waals surface area contributed by atoms with Gasteiger partial charge in [-0.2, -0.15) is 0 Å². The Morgan fingerprint density at radius 3 is 2.63 bits per heavy atom. The molecule has 5 rings (SSSR count). The third-order valence-electron chi connectivity index (χ3n) is 5.88. The topological polar surface area (TPSA) is 54.8 Å². The van der Waals surface area contributed by atoms with E-state index in [9.17, 15) is 9.59 Å². The zero-order valence-corrected chi connectivity index (χ0v) is 16.9. The van der Waals surface area contributed by atoms with Gasteiger partial charge in [-0.15, -0.1) is 0 Å². The van der Waals surface area contributed by atoms with Crippen LogP contribution >= 0.6 is 0 Å². The lowest BCUT2D eigenvalue weighted by atomic mass is 10.0. The lowest BCUT2D eigenvalue weighted by Crippen LogP contribution is -2.42. The number of carbonyl (C=O) groups is 2. The minimum atomic E-state index is -0.0163. The second-order valence-corrected chi connectivity index (χ2v) is 7.66. The van der Waals surface area contributed by atoms with E-state index in [2.05, 4.69) is 0 Å². The molecule has 1 aromatic heterocycles. The molecule has 1 saturated heterocycles. The Bertz CT molecular complexity index is 1170. The summed E-state index contributed by atoms with van der Waals surface area (Å²) in [6, 6.07) is 15.8. The summed E-state index contributed by atoms with van der Waals surface area (Å²) in [6.07, 6.45) is 3.92. The van der Waals surface area contributed by atoms with Crippen LogP contribution in [-0.4, -0.2) is 54.6 Å². The molecule has 6 nitrogen and oxygen atoms in total. The van der Waals surface area contributed by atoms with E-state index >= 15 is 0 Å². The number of likely N-dealkylation sites (N-methyl/N-ethyl adjacent to an activating group) is 1. The van der Waals surface area contributed by atoms with Gasteiger partial charge in [-0.25, -0.2) is 0 Å². The molecule has 6 heteroatoms. The summed E-state index contributed by atoms with van der Waals surface area (Å²) in [5.41, 5.74) is 4.45. The van der Waals surface area contributed by atoms with Gasteiger partial charge in [0.1, 0.15) is 6.54 Å². The van der Waals surface area contributed by atoms with Gasteiger partial charge >= 0.3 is 0 Å². The van der Waals surface area contributed by atoms with E-state index < -0.39 is 0 Å². The van der Waals surface area contributed by atoms with Crippen molar-refractivity contribution in [3.8, 4) is 0 Å². The van der Waals surface area contributed by atoms with Gasteiger partial charge in [-0.1, -0.05) is 36.4 Å². The summed E-state index contributed by atoms with van der Waals surface area (Å²) in [5, 5.41) is 1.03. The zero-order chi connectivity index (χ0) is 20.7. The fraction of sp³-hybridized carbons (Fsp3) is 0.250. The molecule has 3 heterocycles. The fourth-order valence-electron chi connectivity index (χ4n) is 4.27. The van der Waals surface area contributed by atoms with E-state index in [4.69, 9.17) is 4.74 Å². The van der Waals surface area contributed by atoms with Crippen molar-refractivity contribution in [2.24, 2.45) is 0 Å². The molecule has 2 aliphatic rings. The maximum atomic E-state index is 12.9. The molecule has 0 spiro atoms. The van der Waals surface area contributed by atoms with Crippen molar-refractivity contribution in [3.63, 3.8) is 0 Å². The molecule has 0 aliphatic carbocycles. The summed E-state index contributed by atoms with van der Waals surface area (Å²) in [4.78, 5) is 29.2. The van der Waals surface area contributed by atoms with E-state index in [1.807, 2.05) is 70.3 Å². The number of ether oxygens (including phenoxy) is 1. The Hall–Kier alpha value is -3.38. The molecule has 2 aliphatic heterocycles. The van der Waals surface area contributed by atoms with E-state index in [0.717, 1.165) is 27.7 Å². The average Bonchev–Trinajstić information content (AvgIpc) is 3.25. The van der Waals surface area contributed by atoms with Crippen LogP contribution in [0.4, 0.5) is 5.69 Å². The maximum absolute atomic E-state index is 12.9. The number of anilines is 1. The lowest BCUT2D eigenvalue weighted by Gasteiger charge is -2.27. The van der Waals surface area contributed by atoms with Crippen LogP contribution in [0.25, 0.3) is 22.6 Å². The van der Waals surface area contributed by atoms with Crippen LogP contribution in [0.15, 0.2) is 54.7 Å². The number of aromatic nitrogens is 1. The summed E-state index contributed by atoms with van der Waals surface area (Å²) in [6.45, 7) is 2.71. The molecule has 0 atom stereocenters. The van der Waals surface area contributed by atoms with Crippen molar-refractivity contribution in [1.29, 1.82) is 0 Å². The van der Waals surface area contributed by atoms with Crippen molar-refractivity contribution < 1.29 is 14.3 Å². The first-order valence-electron chi connectivity index (χ1n) is 10.2. The van der Waals surface area contributed by atoms with Crippen LogP contribution in [0.5, 0.6) is 0 Å². The normalized spacial score (nSPS) is 17.8. The van der Waals surface area contributed by atoms with Crippen molar-refractivity contribution in [1.82, 2.24) is 9.47 Å². The fourth-order valence-corrected chi connectivity index (χ4v) is 4.27. The molecule has 2 aromatic carbocycles. The molecule has 30 heavy (non-hydrogen) atoms. The predicted octanol–water partition coefficient (Wildman–Crippen LogP) is 3.02. The minimum absolute atomic E-state index is 0.0163. The van der Waals surface area contributed by atoms with Crippen molar-refractivity contribution in [3.05, 3.63) is 65.9 Å². The smallest absolute Gasteiger partial charge is 0.258 e. The van der Waals surface area contributed by atoms with E-state index in [1.54, 1.807) is 11.9 Å². The molecule has 2 amide bonds. The van der Waals surface area contributed by atoms with Gasteiger partial charge in [-0.3, -0.25) is 9.59 Å². The Kier molecular flexibility index (Phi) is 4.64. The number of fused-ring (bicyclic) bond motifs is 2. The second kappa shape index (κ2) is 7.46. The molecule has 0 unspecified atom stereocenters. The Morgan fingerprint density at radius 1 is 1.07 bits per heavy atom. The number of amides is 2. The molecule has 0 N–H and O–H groups in total. The van der Waals surface area contributed by atoms with Crippen molar-refractivity contribution in [2.45, 2.75) is 6.54 Å². The lowest BCUT2D eigenvalue weighted by molar-refractivity contribution is -0.135. The first-order valence-corrected chi connectivity index (χ1v) is 10.2. The highest BCUT2D eigenvalue weighted by Gasteiger charge is 2.29. The maximum Gasteiger partial charge on any atom is 0.258 e. The van der Waals surface area contributed by atoms with Crippen LogP contribution in [0.3, 0.4) is 0 Å². The first-order chi connectivity index (χ1) is 14.6. The largest absolute Gasteiger partial charge is 0.378 e. The highest BCUT2D eigenvalue weighted by Crippen LogP contribution is 2.37. The van der Waals surface area contributed by atoms with Gasteiger partial charge in [0.25, 0.3) is 5.91 Å². The summed E-state index contributed by atoms with van der Waals surface area (Å²) in [5.74, 6) is 0.0673. The van der Waals surface area contributed by atoms with Crippen molar-refractivity contribution >= 4 is 40.1 Å². The highest BCUT2D eigenvalue weighted by atomic mass is 16.5. The summed E-state index contributed by atoms with van der Waals surface area (Å²) in [7, 11) is 1.80. The zero-order valence-electron chi connectivity index (χ0n) is 16.9. The van der Waals surface area contributed by atoms with Crippen LogP contribution in [0, 0.1) is 0 Å². The monoisotopic (exact) mass is 401 g/mol. The van der Waals surface area contributed by atoms with Gasteiger partial charge in [-0.05, 0) is 18.2 Å². The molecular weight excluding hydrogens is 378 g/mol. The molecule has 3 aromatic rings. The Labute approximate surface area is 174 Å². The van der Waals surface area contributed by atoms with Crippen LogP contribution in [0.1, 0.15) is 11.1 Å². The van der Waals surface area contributed by atoms with Crippen LogP contribution < -0.4 is 4.90 Å². The number of carbonyl (C=O) groups excluding carboxylic acids is 2. The van der Waals surface area contributed by atoms with Gasteiger partial charge in [0.15, 0.2) is 0 Å². The van der Waals surface area contributed by atoms with Gasteiger partial charge in [0.2, 0.25) is 5.91 Å². The first kappa shape index (κ1) is 18.6. The number of hydrogen-bond acceptors (Lipinski definition) is 3. The standard InChI is InChI=1S/C24H23N3O3/c1-25-21-8-4-3-7-19(21)20(24(25)29)14-17-15-27(22-9-5-2-6-18(17)22)16-23(28)26-10-12-30-13-11-26/h2-9,14-15H,10-13,16H2,1H3. The SMILES string of the molecule is CN1C(=O)C(=Cc2cn(CC(=O)N3CCOCC3)c3ccccc23)c2ccccc21. The third kappa shape index (κ3) is 3.09. The molecule has 0 bridgehead atoms. The number of benzene rings is 2. The summed E-state index contributed by atoms with van der Waals surface area (Å²) < 4.78 is 7.33. The number of para-hydroxylation sites is 2. The van der Waals surface area contributed by atoms with E-state index in [0.29, 0.717) is 31.9 Å². The number of hydrogen-bond donors (Lipinski definition) is 0. The Balaban J connectivity index is 1.54. The van der Waals surface area contributed by atoms with Crippen molar-refractivity contribution in [2.75, 3.05) is 38.3 Å². The number of rotatable bonds is 3. The molecule has 1 fully saturated rings. The Morgan fingerprint density at radius 2 is 1.80 bits per heavy atom. The molecule has 152 valence electrons. The van der Waals surface area contributed by atoms with E-state index in [1.165, 1.54) is 0 Å². The van der Waals surface area contributed by atoms with E-state index in [-0.39, 0.29) is 18.4 Å². The molecule has 0 radical (unpaired) electrons. The molecule has 0 saturated carbocycles. The average molecular weight is 401 g/mol. The van der Waals surface area contributed by atoms with Gasteiger partial charge in [0, 0.05) is 53.9 Å². The minimum Gasteiger partial charge on any atom is -0.378 e. The van der Waals surface area contributed by atoms with Crippen LogP contribution in [0.2, 0.25) is 0 Å². The number of morpholine rings is 1. The second-order valence-electron chi connectivity index (χ2n) is 7.66. The predicted molar refractivity (Wildman–Crippen MR) is 117 cm³/mol. The summed E-state index contributed by atoms with van der Waals surface area (Å²) >= 11 is 0. The number of nitrogens with zero attached hydrogens (tertiary/aromatic N) is 3. The van der Waals surface area contributed by atoms with Gasteiger partial charge in [0.05, 0.1) is 18.9 Å². The molecular formula is C24H23N3O3. The van der Waals surface area contributed by atoms with Crippen LogP contribution in [-0.2, 0) is 20.9 Å².